The fourth-order valence-corrected chi connectivity index (χ4v) is 10.7. The number of aromatic hydroxyl groups is 1. The summed E-state index contributed by atoms with van der Waals surface area (Å²) in [7, 11) is 3.22. The summed E-state index contributed by atoms with van der Waals surface area (Å²) in [6.07, 6.45) is 8.33. The first kappa shape index (κ1) is 39.7. The fraction of sp³-hybridized carbons (Fsp3) is 0.231. The molecule has 2 saturated heterocycles. The van der Waals surface area contributed by atoms with Crippen LogP contribution in [0.3, 0.4) is 0 Å². The minimum atomic E-state index is -1.43. The van der Waals surface area contributed by atoms with Crippen LogP contribution in [0.15, 0.2) is 139 Å². The monoisotopic (exact) mass is 839 g/mol. The van der Waals surface area contributed by atoms with E-state index in [0.29, 0.717) is 40.6 Å². The maximum absolute atomic E-state index is 15.5. The largest absolute Gasteiger partial charge is 0.508 e. The van der Waals surface area contributed by atoms with E-state index in [0.717, 1.165) is 38.4 Å². The number of nitrogens with zero attached hydrogens (tertiary/aromatic N) is 2. The number of rotatable bonds is 9. The Balaban J connectivity index is 1.04. The number of hydrogen-bond donors (Lipinski definition) is 2. The highest BCUT2D eigenvalue weighted by Crippen LogP contribution is 2.63. The summed E-state index contributed by atoms with van der Waals surface area (Å²) in [5, 5.41) is 11.7. The molecule has 63 heavy (non-hydrogen) atoms. The summed E-state index contributed by atoms with van der Waals surface area (Å²) in [4.78, 5) is 61.3. The molecule has 316 valence electrons. The lowest BCUT2D eigenvalue weighted by atomic mass is 9.48. The van der Waals surface area contributed by atoms with Gasteiger partial charge in [-0.1, -0.05) is 84.0 Å². The average molecular weight is 840 g/mol. The Morgan fingerprint density at radius 1 is 0.810 bits per heavy atom. The maximum Gasteiger partial charge on any atom is 0.260 e. The molecule has 10 rings (SSSR count). The summed E-state index contributed by atoms with van der Waals surface area (Å²) in [5.41, 5.74) is 8.44. The molecule has 3 aliphatic heterocycles. The van der Waals surface area contributed by atoms with Gasteiger partial charge in [0.1, 0.15) is 23.0 Å². The van der Waals surface area contributed by atoms with Gasteiger partial charge in [0.05, 0.1) is 55.0 Å². The van der Waals surface area contributed by atoms with Gasteiger partial charge in [-0.25, -0.2) is 0 Å². The lowest BCUT2D eigenvalue weighted by Gasteiger charge is -2.51. The van der Waals surface area contributed by atoms with E-state index >= 15 is 9.59 Å². The Hall–Kier alpha value is -7.40. The molecule has 0 bridgehead atoms. The van der Waals surface area contributed by atoms with Crippen molar-refractivity contribution in [2.45, 2.75) is 31.6 Å². The molecule has 3 fully saturated rings. The molecule has 6 atom stereocenters. The van der Waals surface area contributed by atoms with Crippen LogP contribution in [-0.4, -0.2) is 48.0 Å². The molecule has 11 nitrogen and oxygen atoms in total. The second kappa shape index (κ2) is 15.5. The highest BCUT2D eigenvalue weighted by atomic mass is 16.5. The number of hydrazine groups is 1. The molecule has 5 aliphatic rings. The SMILES string of the molecule is COc1ccc(OC)c(C=Cc2ccc(N3C(=O)C4CC=C5C(CC6C(=O)N(Nc7ccc(C)cc7)C(=O)C6(c6ccccc6)C5C5=COc6ccc(O)cc6C5)C4C3=O)cc2)c1. The van der Waals surface area contributed by atoms with Gasteiger partial charge in [0.15, 0.2) is 0 Å². The van der Waals surface area contributed by atoms with E-state index in [-0.39, 0.29) is 30.4 Å². The number of phenols is 1. The Bertz CT molecular complexity index is 2780. The minimum Gasteiger partial charge on any atom is -0.508 e. The number of allylic oxidation sites excluding steroid dienone is 3. The van der Waals surface area contributed by atoms with E-state index < -0.39 is 46.8 Å². The standard InChI is InChI=1S/C52H45N3O8/c1-30-9-15-36(16-10-30)53-55-49(58)43-28-42-40(47(52(43,51(55)60)35-7-5-4-6-8-35)34-25-33-26-38(56)19-23-45(33)63-29-34)21-22-41-46(42)50(59)54(48(41)57)37-17-12-31(13-18-37)11-14-32-27-39(61-2)20-24-44(32)62-3/h4-21,23-24,26-27,29,41-43,46-47,53,56H,22,25,28H2,1-3H3. The number of ether oxygens (including phenoxy) is 3. The summed E-state index contributed by atoms with van der Waals surface area (Å²) >= 11 is 0. The molecule has 2 N–H and O–H groups in total. The second-order valence-electron chi connectivity index (χ2n) is 16.9. The molecule has 4 amide bonds. The minimum absolute atomic E-state index is 0.0763. The predicted octanol–water partition coefficient (Wildman–Crippen LogP) is 8.43. The molecule has 6 unspecified atom stereocenters. The third-order valence-electron chi connectivity index (χ3n) is 13.6. The lowest BCUT2D eigenvalue weighted by Crippen LogP contribution is -2.55. The van der Waals surface area contributed by atoms with Crippen LogP contribution in [-0.2, 0) is 31.0 Å². The zero-order chi connectivity index (χ0) is 43.6. The van der Waals surface area contributed by atoms with Gasteiger partial charge >= 0.3 is 0 Å². The lowest BCUT2D eigenvalue weighted by molar-refractivity contribution is -0.139. The maximum atomic E-state index is 15.5. The average Bonchev–Trinajstić information content (AvgIpc) is 3.69. The van der Waals surface area contributed by atoms with Crippen LogP contribution in [0.5, 0.6) is 23.0 Å². The topological polar surface area (TPSA) is 135 Å². The zero-order valence-corrected chi connectivity index (χ0v) is 35.0. The smallest absolute Gasteiger partial charge is 0.260 e. The molecular formula is C52H45N3O8. The first-order chi connectivity index (χ1) is 30.6. The Morgan fingerprint density at radius 2 is 1.59 bits per heavy atom. The third kappa shape index (κ3) is 6.40. The van der Waals surface area contributed by atoms with Crippen LogP contribution in [0, 0.1) is 36.5 Å². The Kier molecular flexibility index (Phi) is 9.77. The second-order valence-corrected chi connectivity index (χ2v) is 16.9. The molecule has 1 saturated carbocycles. The molecular weight excluding hydrogens is 795 g/mol. The quantitative estimate of drug-likeness (QED) is 0.0853. The van der Waals surface area contributed by atoms with Gasteiger partial charge in [0.2, 0.25) is 11.8 Å². The number of carbonyl (C=O) groups excluding carboxylic acids is 4. The molecule has 0 radical (unpaired) electrons. The molecule has 2 aliphatic carbocycles. The number of hydrogen-bond acceptors (Lipinski definition) is 9. The van der Waals surface area contributed by atoms with Crippen LogP contribution in [0.4, 0.5) is 11.4 Å². The number of benzene rings is 5. The summed E-state index contributed by atoms with van der Waals surface area (Å²) < 4.78 is 17.2. The molecule has 11 heteroatoms. The van der Waals surface area contributed by atoms with Crippen LogP contribution in [0.25, 0.3) is 12.2 Å². The molecule has 5 aromatic carbocycles. The molecule has 0 spiro atoms. The van der Waals surface area contributed by atoms with Crippen LogP contribution in [0.2, 0.25) is 0 Å². The van der Waals surface area contributed by atoms with Crippen molar-refractivity contribution in [1.82, 2.24) is 5.01 Å². The highest BCUT2D eigenvalue weighted by Gasteiger charge is 2.70. The zero-order valence-electron chi connectivity index (χ0n) is 35.0. The predicted molar refractivity (Wildman–Crippen MR) is 237 cm³/mol. The fourth-order valence-electron chi connectivity index (χ4n) is 10.7. The van der Waals surface area contributed by atoms with Gasteiger partial charge in [-0.15, -0.1) is 0 Å². The molecule has 0 aromatic heterocycles. The summed E-state index contributed by atoms with van der Waals surface area (Å²) in [6, 6.07) is 34.6. The van der Waals surface area contributed by atoms with E-state index in [1.54, 1.807) is 50.8 Å². The number of methoxy groups -OCH3 is 2. The van der Waals surface area contributed by atoms with Gasteiger partial charge < -0.3 is 19.3 Å². The van der Waals surface area contributed by atoms with E-state index in [2.05, 4.69) is 5.43 Å². The number of anilines is 2. The van der Waals surface area contributed by atoms with Crippen molar-refractivity contribution in [3.63, 3.8) is 0 Å². The van der Waals surface area contributed by atoms with Gasteiger partial charge in [-0.05, 0) is 103 Å². The normalized spacial score (nSPS) is 24.8. The van der Waals surface area contributed by atoms with Gasteiger partial charge in [-0.2, -0.15) is 5.01 Å². The van der Waals surface area contributed by atoms with Crippen molar-refractivity contribution < 1.29 is 38.5 Å². The van der Waals surface area contributed by atoms with E-state index in [1.165, 1.54) is 4.90 Å². The van der Waals surface area contributed by atoms with E-state index in [9.17, 15) is 14.7 Å². The number of carbonyl (C=O) groups is 4. The van der Waals surface area contributed by atoms with E-state index in [1.807, 2.05) is 110 Å². The van der Waals surface area contributed by atoms with Crippen molar-refractivity contribution >= 4 is 47.2 Å². The van der Waals surface area contributed by atoms with Crippen molar-refractivity contribution in [3.8, 4) is 23.0 Å². The Labute approximate surface area is 364 Å². The first-order valence-corrected chi connectivity index (χ1v) is 21.1. The number of nitrogens with one attached hydrogen (secondary N) is 1. The number of phenolic OH excluding ortho intramolecular Hbond substituents is 1. The summed E-state index contributed by atoms with van der Waals surface area (Å²) in [6.45, 7) is 1.96. The van der Waals surface area contributed by atoms with Gasteiger partial charge in [0, 0.05) is 23.5 Å². The third-order valence-corrected chi connectivity index (χ3v) is 13.6. The molecule has 3 heterocycles. The molecule has 5 aromatic rings. The van der Waals surface area contributed by atoms with Crippen LogP contribution < -0.4 is 24.5 Å². The van der Waals surface area contributed by atoms with Gasteiger partial charge in [0.25, 0.3) is 11.8 Å². The van der Waals surface area contributed by atoms with Gasteiger partial charge in [-0.3, -0.25) is 29.5 Å². The highest BCUT2D eigenvalue weighted by molar-refractivity contribution is 6.22. The van der Waals surface area contributed by atoms with E-state index in [4.69, 9.17) is 14.2 Å². The number of imide groups is 2. The van der Waals surface area contributed by atoms with Crippen molar-refractivity contribution in [2.24, 2.45) is 29.6 Å². The van der Waals surface area contributed by atoms with Crippen LogP contribution in [0.1, 0.15) is 40.7 Å². The Morgan fingerprint density at radius 3 is 2.33 bits per heavy atom. The van der Waals surface area contributed by atoms with Crippen molar-refractivity contribution in [3.05, 3.63) is 167 Å². The first-order valence-electron chi connectivity index (χ1n) is 21.1. The number of amides is 4. The van der Waals surface area contributed by atoms with Crippen molar-refractivity contribution in [1.29, 1.82) is 0 Å². The van der Waals surface area contributed by atoms with Crippen molar-refractivity contribution in [2.75, 3.05) is 24.5 Å². The number of aryl methyl sites for hydroxylation is 1. The van der Waals surface area contributed by atoms with Crippen LogP contribution >= 0.6 is 0 Å². The number of fused-ring (bicyclic) bond motifs is 5. The summed E-state index contributed by atoms with van der Waals surface area (Å²) in [5.74, 6) is -2.99.